The molecule has 1 aromatic carbocycles. The number of ether oxygens (including phenoxy) is 2. The standard InChI is InChI=1S/C20H25N3O5/c1-13-4-3-7-22(11-13)17(24)12-23-18(25)20(2,21-19(23)26)14-5-6-15-16(10-14)28-9-8-27-15/h5-6,10,13H,3-4,7-9,11-12H2,1-2H3,(H,21,26)/t13-,20-/m0/s1. The largest absolute Gasteiger partial charge is 0.486 e. The van der Waals surface area contributed by atoms with E-state index in [1.807, 2.05) is 0 Å². The lowest BCUT2D eigenvalue weighted by atomic mass is 9.91. The van der Waals surface area contributed by atoms with Crippen LogP contribution in [-0.4, -0.2) is 60.5 Å². The van der Waals surface area contributed by atoms with Crippen LogP contribution in [0.4, 0.5) is 4.79 Å². The van der Waals surface area contributed by atoms with E-state index in [4.69, 9.17) is 9.47 Å². The Hall–Kier alpha value is -2.77. The van der Waals surface area contributed by atoms with E-state index in [9.17, 15) is 14.4 Å². The highest BCUT2D eigenvalue weighted by Gasteiger charge is 2.50. The van der Waals surface area contributed by atoms with Crippen molar-refractivity contribution in [1.82, 2.24) is 15.1 Å². The maximum atomic E-state index is 13.1. The number of hydrogen-bond donors (Lipinski definition) is 1. The molecule has 8 heteroatoms. The molecule has 4 amide bonds. The number of carbonyl (C=O) groups excluding carboxylic acids is 3. The number of amides is 4. The van der Waals surface area contributed by atoms with Crippen molar-refractivity contribution in [2.45, 2.75) is 32.2 Å². The molecule has 2 saturated heterocycles. The van der Waals surface area contributed by atoms with E-state index in [0.29, 0.717) is 49.3 Å². The van der Waals surface area contributed by atoms with Gasteiger partial charge >= 0.3 is 6.03 Å². The molecule has 0 aliphatic carbocycles. The average Bonchev–Trinajstić information content (AvgIpc) is 2.91. The molecule has 3 aliphatic rings. The molecule has 1 N–H and O–H groups in total. The summed E-state index contributed by atoms with van der Waals surface area (Å²) in [6.07, 6.45) is 2.04. The second-order valence-corrected chi connectivity index (χ2v) is 7.89. The lowest BCUT2D eigenvalue weighted by molar-refractivity contribution is -0.139. The molecular weight excluding hydrogens is 362 g/mol. The zero-order valence-corrected chi connectivity index (χ0v) is 16.2. The van der Waals surface area contributed by atoms with Crippen molar-refractivity contribution in [3.8, 4) is 11.5 Å². The monoisotopic (exact) mass is 387 g/mol. The van der Waals surface area contributed by atoms with Gasteiger partial charge in [0.15, 0.2) is 11.5 Å². The number of rotatable bonds is 3. The summed E-state index contributed by atoms with van der Waals surface area (Å²) in [4.78, 5) is 41.0. The maximum absolute atomic E-state index is 13.1. The minimum absolute atomic E-state index is 0.193. The molecule has 0 bridgehead atoms. The second-order valence-electron chi connectivity index (χ2n) is 7.89. The number of fused-ring (bicyclic) bond motifs is 1. The highest BCUT2D eigenvalue weighted by Crippen LogP contribution is 2.36. The second kappa shape index (κ2) is 7.00. The summed E-state index contributed by atoms with van der Waals surface area (Å²) >= 11 is 0. The van der Waals surface area contributed by atoms with E-state index in [1.54, 1.807) is 30.0 Å². The van der Waals surface area contributed by atoms with Gasteiger partial charge in [0.2, 0.25) is 5.91 Å². The lowest BCUT2D eigenvalue weighted by Gasteiger charge is -2.32. The molecule has 2 atom stereocenters. The van der Waals surface area contributed by atoms with Crippen LogP contribution in [0.3, 0.4) is 0 Å². The predicted molar refractivity (Wildman–Crippen MR) is 100 cm³/mol. The van der Waals surface area contributed by atoms with Crippen molar-refractivity contribution in [3.63, 3.8) is 0 Å². The first kappa shape index (κ1) is 18.6. The maximum Gasteiger partial charge on any atom is 0.325 e. The van der Waals surface area contributed by atoms with Crippen molar-refractivity contribution >= 4 is 17.8 Å². The number of urea groups is 1. The van der Waals surface area contributed by atoms with Gasteiger partial charge in [-0.05, 0) is 43.4 Å². The molecule has 0 radical (unpaired) electrons. The summed E-state index contributed by atoms with van der Waals surface area (Å²) < 4.78 is 11.1. The lowest BCUT2D eigenvalue weighted by Crippen LogP contribution is -2.47. The molecule has 1 aromatic rings. The molecule has 3 aliphatic heterocycles. The van der Waals surface area contributed by atoms with Crippen LogP contribution in [0.2, 0.25) is 0 Å². The molecule has 4 rings (SSSR count). The Balaban J connectivity index is 1.52. The first-order valence-electron chi connectivity index (χ1n) is 9.70. The van der Waals surface area contributed by atoms with Crippen LogP contribution >= 0.6 is 0 Å². The zero-order valence-electron chi connectivity index (χ0n) is 16.2. The topological polar surface area (TPSA) is 88.2 Å². The van der Waals surface area contributed by atoms with Crippen molar-refractivity contribution in [2.24, 2.45) is 5.92 Å². The summed E-state index contributed by atoms with van der Waals surface area (Å²) in [7, 11) is 0. The first-order chi connectivity index (χ1) is 13.4. The molecule has 0 unspecified atom stereocenters. The number of benzene rings is 1. The molecule has 0 spiro atoms. The number of nitrogens with zero attached hydrogens (tertiary/aromatic N) is 2. The normalized spacial score (nSPS) is 27.0. The van der Waals surface area contributed by atoms with Gasteiger partial charge in [-0.25, -0.2) is 4.79 Å². The van der Waals surface area contributed by atoms with E-state index in [2.05, 4.69) is 12.2 Å². The smallest absolute Gasteiger partial charge is 0.325 e. The Morgan fingerprint density at radius 2 is 2.00 bits per heavy atom. The van der Waals surface area contributed by atoms with Gasteiger partial charge < -0.3 is 19.7 Å². The van der Waals surface area contributed by atoms with Crippen molar-refractivity contribution in [1.29, 1.82) is 0 Å². The van der Waals surface area contributed by atoms with Gasteiger partial charge in [-0.15, -0.1) is 0 Å². The van der Waals surface area contributed by atoms with Crippen molar-refractivity contribution in [3.05, 3.63) is 23.8 Å². The van der Waals surface area contributed by atoms with E-state index in [0.717, 1.165) is 17.7 Å². The fourth-order valence-electron chi connectivity index (χ4n) is 4.04. The Morgan fingerprint density at radius 3 is 2.75 bits per heavy atom. The predicted octanol–water partition coefficient (Wildman–Crippen LogP) is 1.48. The number of piperidine rings is 1. The van der Waals surface area contributed by atoms with Crippen molar-refractivity contribution in [2.75, 3.05) is 32.8 Å². The quantitative estimate of drug-likeness (QED) is 0.794. The van der Waals surface area contributed by atoms with Crippen LogP contribution in [0.5, 0.6) is 11.5 Å². The molecule has 8 nitrogen and oxygen atoms in total. The third-order valence-corrected chi connectivity index (χ3v) is 5.70. The summed E-state index contributed by atoms with van der Waals surface area (Å²) in [6, 6.07) is 4.63. The van der Waals surface area contributed by atoms with Crippen molar-refractivity contribution < 1.29 is 23.9 Å². The van der Waals surface area contributed by atoms with E-state index in [-0.39, 0.29) is 12.5 Å². The molecule has 2 fully saturated rings. The average molecular weight is 387 g/mol. The molecule has 28 heavy (non-hydrogen) atoms. The third kappa shape index (κ3) is 3.16. The summed E-state index contributed by atoms with van der Waals surface area (Å²) in [5, 5.41) is 2.74. The van der Waals surface area contributed by atoms with Gasteiger partial charge in [0.25, 0.3) is 5.91 Å². The summed E-state index contributed by atoms with van der Waals surface area (Å²) in [5.41, 5.74) is -0.654. The summed E-state index contributed by atoms with van der Waals surface area (Å²) in [6.45, 7) is 5.76. The molecule has 150 valence electrons. The Morgan fingerprint density at radius 1 is 1.25 bits per heavy atom. The van der Waals surface area contributed by atoms with Crippen LogP contribution < -0.4 is 14.8 Å². The van der Waals surface area contributed by atoms with Gasteiger partial charge in [-0.1, -0.05) is 13.0 Å². The van der Waals surface area contributed by atoms with Crippen LogP contribution in [-0.2, 0) is 15.1 Å². The number of imide groups is 1. The minimum atomic E-state index is -1.25. The van der Waals surface area contributed by atoms with Crippen LogP contribution in [0, 0.1) is 5.92 Å². The molecular formula is C20H25N3O5. The number of hydrogen-bond acceptors (Lipinski definition) is 5. The molecule has 0 saturated carbocycles. The number of likely N-dealkylation sites (tertiary alicyclic amines) is 1. The van der Waals surface area contributed by atoms with Gasteiger partial charge in [-0.3, -0.25) is 14.5 Å². The SMILES string of the molecule is C[C@H]1CCCN(C(=O)CN2C(=O)N[C@@](C)(c3ccc4c(c3)OCCO4)C2=O)C1. The first-order valence-corrected chi connectivity index (χ1v) is 9.70. The van der Waals surface area contributed by atoms with Crippen LogP contribution in [0.25, 0.3) is 0 Å². The highest BCUT2D eigenvalue weighted by atomic mass is 16.6. The van der Waals surface area contributed by atoms with Gasteiger partial charge in [0.05, 0.1) is 0 Å². The molecule has 0 aromatic heterocycles. The van der Waals surface area contributed by atoms with Crippen LogP contribution in [0.1, 0.15) is 32.3 Å². The minimum Gasteiger partial charge on any atom is -0.486 e. The van der Waals surface area contributed by atoms with Gasteiger partial charge in [0.1, 0.15) is 25.3 Å². The van der Waals surface area contributed by atoms with Gasteiger partial charge in [-0.2, -0.15) is 0 Å². The summed E-state index contributed by atoms with van der Waals surface area (Å²) in [5.74, 6) is 0.961. The highest BCUT2D eigenvalue weighted by molar-refractivity contribution is 6.09. The number of nitrogens with one attached hydrogen (secondary N) is 1. The molecule has 3 heterocycles. The zero-order chi connectivity index (χ0) is 19.9. The fourth-order valence-corrected chi connectivity index (χ4v) is 4.04. The van der Waals surface area contributed by atoms with E-state index in [1.165, 1.54) is 0 Å². The van der Waals surface area contributed by atoms with E-state index >= 15 is 0 Å². The Kier molecular flexibility index (Phi) is 4.64. The fraction of sp³-hybridized carbons (Fsp3) is 0.550. The van der Waals surface area contributed by atoms with E-state index < -0.39 is 17.5 Å². The van der Waals surface area contributed by atoms with Gasteiger partial charge in [0, 0.05) is 13.1 Å². The van der Waals surface area contributed by atoms with Crippen LogP contribution in [0.15, 0.2) is 18.2 Å². The Labute approximate surface area is 163 Å². The Bertz CT molecular complexity index is 826. The third-order valence-electron chi connectivity index (χ3n) is 5.70. The number of carbonyl (C=O) groups is 3.